The molecule has 7 nitrogen and oxygen atoms in total. The van der Waals surface area contributed by atoms with E-state index in [0.29, 0.717) is 30.9 Å². The van der Waals surface area contributed by atoms with Gasteiger partial charge in [-0.2, -0.15) is 0 Å². The normalized spacial score (nSPS) is 24.7. The number of aromatic nitrogens is 2. The molecule has 1 saturated heterocycles. The van der Waals surface area contributed by atoms with Crippen LogP contribution in [-0.4, -0.2) is 60.3 Å². The van der Waals surface area contributed by atoms with E-state index in [1.807, 2.05) is 0 Å². The van der Waals surface area contributed by atoms with Gasteiger partial charge in [0.15, 0.2) is 0 Å². The molecule has 0 unspecified atom stereocenters. The number of nitrogens with one attached hydrogen (secondary N) is 1. The molecule has 3 rings (SSSR count). The van der Waals surface area contributed by atoms with Crippen LogP contribution in [0, 0.1) is 11.8 Å². The third-order valence-corrected chi connectivity index (χ3v) is 5.46. The van der Waals surface area contributed by atoms with Gasteiger partial charge in [-0.25, -0.2) is 18.4 Å². The molecule has 1 amide bonds. The lowest BCUT2D eigenvalue weighted by atomic mass is 9.98. The molecule has 1 aromatic rings. The zero-order valence-corrected chi connectivity index (χ0v) is 14.0. The first-order valence-corrected chi connectivity index (χ1v) is 9.97. The van der Waals surface area contributed by atoms with Gasteiger partial charge >= 0.3 is 0 Å². The number of amides is 1. The Balaban J connectivity index is 1.63. The Morgan fingerprint density at radius 1 is 1.30 bits per heavy atom. The van der Waals surface area contributed by atoms with Gasteiger partial charge in [-0.05, 0) is 24.8 Å². The monoisotopic (exact) mass is 338 g/mol. The molecule has 1 aliphatic heterocycles. The average molecular weight is 338 g/mol. The van der Waals surface area contributed by atoms with Crippen LogP contribution in [0.15, 0.2) is 18.5 Å². The summed E-state index contributed by atoms with van der Waals surface area (Å²) in [6, 6.07) is 1.89. The number of hydrogen-bond donors (Lipinski definition) is 1. The van der Waals surface area contributed by atoms with Gasteiger partial charge in [-0.15, -0.1) is 0 Å². The zero-order chi connectivity index (χ0) is 16.4. The second-order valence-electron chi connectivity index (χ2n) is 6.50. The summed E-state index contributed by atoms with van der Waals surface area (Å²) < 4.78 is 22.5. The lowest BCUT2D eigenvalue weighted by Gasteiger charge is -2.18. The van der Waals surface area contributed by atoms with E-state index >= 15 is 0 Å². The van der Waals surface area contributed by atoms with E-state index in [9.17, 15) is 13.2 Å². The summed E-state index contributed by atoms with van der Waals surface area (Å²) >= 11 is 0. The van der Waals surface area contributed by atoms with Crippen LogP contribution in [-0.2, 0) is 14.6 Å². The maximum absolute atomic E-state index is 12.3. The van der Waals surface area contributed by atoms with Gasteiger partial charge in [0.1, 0.15) is 9.84 Å². The van der Waals surface area contributed by atoms with Gasteiger partial charge in [0.05, 0.1) is 11.8 Å². The molecule has 0 bridgehead atoms. The highest BCUT2D eigenvalue weighted by Crippen LogP contribution is 2.42. The average Bonchev–Trinajstić information content (AvgIpc) is 3.26. The van der Waals surface area contributed by atoms with Crippen LogP contribution < -0.4 is 5.32 Å². The number of rotatable bonds is 6. The fourth-order valence-electron chi connectivity index (χ4n) is 3.16. The van der Waals surface area contributed by atoms with E-state index in [0.717, 1.165) is 6.26 Å². The van der Waals surface area contributed by atoms with Crippen molar-refractivity contribution in [3.05, 3.63) is 18.5 Å². The summed E-state index contributed by atoms with van der Waals surface area (Å²) in [7, 11) is -3.11. The topological polar surface area (TPSA) is 92.3 Å². The van der Waals surface area contributed by atoms with Crippen molar-refractivity contribution in [3.8, 4) is 0 Å². The van der Waals surface area contributed by atoms with Crippen molar-refractivity contribution in [2.45, 2.75) is 25.3 Å². The number of carbonyl (C=O) groups excluding carboxylic acids is 1. The van der Waals surface area contributed by atoms with Gasteiger partial charge in [0.25, 0.3) is 0 Å². The highest BCUT2D eigenvalue weighted by molar-refractivity contribution is 7.90. The standard InChI is InChI=1S/C15H22N4O3S/c1-23(21,22)8-5-14(20)19-9-12(11-3-4-11)13(10-19)18-15-16-6-2-7-17-15/h2,6-7,11-13H,3-5,8-10H2,1H3,(H,16,17,18)/t12-,13+/m0/s1. The molecule has 0 aromatic carbocycles. The Labute approximate surface area is 136 Å². The minimum absolute atomic E-state index is 0.0603. The summed E-state index contributed by atoms with van der Waals surface area (Å²) in [4.78, 5) is 22.4. The Morgan fingerprint density at radius 2 is 2.00 bits per heavy atom. The molecule has 1 N–H and O–H groups in total. The SMILES string of the molecule is CS(=O)(=O)CCC(=O)N1C[C@@H](Nc2ncccn2)[C@H](C2CC2)C1. The third kappa shape index (κ3) is 4.40. The summed E-state index contributed by atoms with van der Waals surface area (Å²) in [5, 5.41) is 3.34. The molecule has 126 valence electrons. The molecule has 1 saturated carbocycles. The number of sulfone groups is 1. The third-order valence-electron chi connectivity index (χ3n) is 4.51. The largest absolute Gasteiger partial charge is 0.349 e. The van der Waals surface area contributed by atoms with Crippen molar-refractivity contribution < 1.29 is 13.2 Å². The van der Waals surface area contributed by atoms with Crippen molar-refractivity contribution in [1.82, 2.24) is 14.9 Å². The van der Waals surface area contributed by atoms with Crippen molar-refractivity contribution in [2.75, 3.05) is 30.4 Å². The van der Waals surface area contributed by atoms with Gasteiger partial charge in [0, 0.05) is 44.1 Å². The van der Waals surface area contributed by atoms with Crippen molar-refractivity contribution in [1.29, 1.82) is 0 Å². The maximum atomic E-state index is 12.3. The Hall–Kier alpha value is -1.70. The predicted molar refractivity (Wildman–Crippen MR) is 86.6 cm³/mol. The molecule has 2 atom stereocenters. The van der Waals surface area contributed by atoms with Crippen LogP contribution in [0.25, 0.3) is 0 Å². The Morgan fingerprint density at radius 3 is 2.61 bits per heavy atom. The molecule has 23 heavy (non-hydrogen) atoms. The summed E-state index contributed by atoms with van der Waals surface area (Å²) in [6.45, 7) is 1.28. The fourth-order valence-corrected chi connectivity index (χ4v) is 3.70. The molecule has 8 heteroatoms. The van der Waals surface area contributed by atoms with Crippen LogP contribution in [0.4, 0.5) is 5.95 Å². The Kier molecular flexibility index (Phi) is 4.52. The molecule has 0 radical (unpaired) electrons. The van der Waals surface area contributed by atoms with Gasteiger partial charge in [-0.3, -0.25) is 4.79 Å². The van der Waals surface area contributed by atoms with Crippen LogP contribution in [0.5, 0.6) is 0 Å². The highest BCUT2D eigenvalue weighted by Gasteiger charge is 2.43. The minimum Gasteiger partial charge on any atom is -0.349 e. The van der Waals surface area contributed by atoms with E-state index in [4.69, 9.17) is 0 Å². The van der Waals surface area contributed by atoms with Gasteiger partial charge in [0.2, 0.25) is 11.9 Å². The van der Waals surface area contributed by atoms with Crippen LogP contribution in [0.1, 0.15) is 19.3 Å². The van der Waals surface area contributed by atoms with E-state index in [1.165, 1.54) is 12.8 Å². The second kappa shape index (κ2) is 6.43. The molecule has 2 fully saturated rings. The molecular formula is C15H22N4O3S. The molecule has 0 spiro atoms. The quantitative estimate of drug-likeness (QED) is 0.815. The lowest BCUT2D eigenvalue weighted by Crippen LogP contribution is -2.33. The van der Waals surface area contributed by atoms with Crippen LogP contribution in [0.3, 0.4) is 0 Å². The number of hydrogen-bond acceptors (Lipinski definition) is 6. The molecule has 2 heterocycles. The maximum Gasteiger partial charge on any atom is 0.223 e. The molecule has 1 aromatic heterocycles. The van der Waals surface area contributed by atoms with E-state index in [1.54, 1.807) is 23.4 Å². The Bertz CT molecular complexity index is 661. The van der Waals surface area contributed by atoms with E-state index < -0.39 is 9.84 Å². The van der Waals surface area contributed by atoms with Crippen LogP contribution in [0.2, 0.25) is 0 Å². The van der Waals surface area contributed by atoms with Crippen molar-refractivity contribution in [3.63, 3.8) is 0 Å². The van der Waals surface area contributed by atoms with E-state index in [-0.39, 0.29) is 24.1 Å². The number of anilines is 1. The highest BCUT2D eigenvalue weighted by atomic mass is 32.2. The zero-order valence-electron chi connectivity index (χ0n) is 13.2. The van der Waals surface area contributed by atoms with Gasteiger partial charge < -0.3 is 10.2 Å². The van der Waals surface area contributed by atoms with E-state index in [2.05, 4.69) is 15.3 Å². The number of likely N-dealkylation sites (tertiary alicyclic amines) is 1. The summed E-state index contributed by atoms with van der Waals surface area (Å²) in [6.07, 6.45) is 6.99. The number of carbonyl (C=O) groups is 1. The smallest absolute Gasteiger partial charge is 0.223 e. The molecule has 1 aliphatic carbocycles. The van der Waals surface area contributed by atoms with Crippen molar-refractivity contribution in [2.24, 2.45) is 11.8 Å². The minimum atomic E-state index is -3.11. The molecular weight excluding hydrogens is 316 g/mol. The fraction of sp³-hybridized carbons (Fsp3) is 0.667. The first kappa shape index (κ1) is 16.2. The van der Waals surface area contributed by atoms with Crippen LogP contribution >= 0.6 is 0 Å². The first-order chi connectivity index (χ1) is 10.9. The van der Waals surface area contributed by atoms with Crippen molar-refractivity contribution >= 4 is 21.7 Å². The summed E-state index contributed by atoms with van der Waals surface area (Å²) in [5.74, 6) is 1.44. The van der Waals surface area contributed by atoms with Gasteiger partial charge in [-0.1, -0.05) is 0 Å². The second-order valence-corrected chi connectivity index (χ2v) is 8.76. The summed E-state index contributed by atoms with van der Waals surface area (Å²) in [5.41, 5.74) is 0. The molecule has 2 aliphatic rings. The number of nitrogens with zero attached hydrogens (tertiary/aromatic N) is 3. The lowest BCUT2D eigenvalue weighted by molar-refractivity contribution is -0.129. The first-order valence-electron chi connectivity index (χ1n) is 7.91. The predicted octanol–water partition coefficient (Wildman–Crippen LogP) is 0.560.